The fraction of sp³-hybridized carbons (Fsp3) is 0.231. The lowest BCUT2D eigenvalue weighted by Gasteiger charge is -2.10. The molecule has 0 aliphatic heterocycles. The number of hydrogen-bond acceptors (Lipinski definition) is 5. The summed E-state index contributed by atoms with van der Waals surface area (Å²) in [6.07, 6.45) is 1.52. The lowest BCUT2D eigenvalue weighted by molar-refractivity contribution is 0.0997. The minimum absolute atomic E-state index is 0.280. The number of carbonyl (C=O) groups is 1. The van der Waals surface area contributed by atoms with Crippen LogP contribution in [0.5, 0.6) is 0 Å². The molecule has 0 bridgehead atoms. The van der Waals surface area contributed by atoms with E-state index >= 15 is 0 Å². The highest BCUT2D eigenvalue weighted by molar-refractivity contribution is 7.18. The molecule has 7 nitrogen and oxygen atoms in total. The van der Waals surface area contributed by atoms with Gasteiger partial charge in [-0.1, -0.05) is 0 Å². The second-order valence-corrected chi connectivity index (χ2v) is 5.89. The molecule has 0 aliphatic rings. The van der Waals surface area contributed by atoms with E-state index in [1.54, 1.807) is 26.1 Å². The molecule has 8 heteroatoms. The topological polar surface area (TPSA) is 81.8 Å². The number of nitrogens with one attached hydrogen (secondary N) is 1. The van der Waals surface area contributed by atoms with Gasteiger partial charge in [-0.05, 0) is 26.0 Å². The number of aryl methyl sites for hydroxylation is 3. The van der Waals surface area contributed by atoms with E-state index in [9.17, 15) is 9.59 Å². The summed E-state index contributed by atoms with van der Waals surface area (Å²) in [5.74, 6) is 0.0261. The second kappa shape index (κ2) is 4.81. The molecule has 108 valence electrons. The third kappa shape index (κ3) is 2.23. The van der Waals surface area contributed by atoms with E-state index in [2.05, 4.69) is 15.5 Å². The molecule has 0 aromatic carbocycles. The van der Waals surface area contributed by atoms with Crippen molar-refractivity contribution in [1.29, 1.82) is 0 Å². The molecule has 3 rings (SSSR count). The van der Waals surface area contributed by atoms with Crippen LogP contribution in [0.1, 0.15) is 21.2 Å². The van der Waals surface area contributed by atoms with Crippen molar-refractivity contribution in [1.82, 2.24) is 19.4 Å². The lowest BCUT2D eigenvalue weighted by Crippen LogP contribution is -2.36. The van der Waals surface area contributed by atoms with E-state index in [1.165, 1.54) is 26.9 Å². The predicted molar refractivity (Wildman–Crippen MR) is 80.3 cm³/mol. The molecule has 0 aliphatic carbocycles. The van der Waals surface area contributed by atoms with Crippen molar-refractivity contribution in [2.75, 3.05) is 5.43 Å². The number of carbonyl (C=O) groups excluding carboxylic acids is 1. The number of amides is 1. The predicted octanol–water partition coefficient (Wildman–Crippen LogP) is 1.19. The summed E-state index contributed by atoms with van der Waals surface area (Å²) < 4.78 is 2.61. The van der Waals surface area contributed by atoms with E-state index < -0.39 is 5.91 Å². The van der Waals surface area contributed by atoms with Gasteiger partial charge in [0.05, 0.1) is 5.39 Å². The van der Waals surface area contributed by atoms with Crippen LogP contribution in [0.4, 0.5) is 0 Å². The first kappa shape index (κ1) is 13.5. The van der Waals surface area contributed by atoms with Crippen molar-refractivity contribution in [3.8, 4) is 0 Å². The van der Waals surface area contributed by atoms with Crippen molar-refractivity contribution in [3.05, 3.63) is 45.1 Å². The Hall–Kier alpha value is -2.48. The van der Waals surface area contributed by atoms with E-state index in [-0.39, 0.29) is 5.56 Å². The highest BCUT2D eigenvalue weighted by Gasteiger charge is 2.15. The van der Waals surface area contributed by atoms with Gasteiger partial charge in [-0.2, -0.15) is 5.10 Å². The van der Waals surface area contributed by atoms with Crippen LogP contribution < -0.4 is 11.0 Å². The number of aromatic nitrogens is 4. The second-order valence-electron chi connectivity index (χ2n) is 4.66. The minimum Gasteiger partial charge on any atom is -0.267 e. The smallest absolute Gasteiger partial charge is 0.267 e. The normalized spacial score (nSPS) is 11.0. The molecule has 21 heavy (non-hydrogen) atoms. The first-order valence-corrected chi connectivity index (χ1v) is 7.08. The molecule has 0 radical (unpaired) electrons. The van der Waals surface area contributed by atoms with Crippen molar-refractivity contribution < 1.29 is 4.79 Å². The Labute approximate surface area is 123 Å². The molecule has 0 atom stereocenters. The zero-order chi connectivity index (χ0) is 15.1. The molecule has 0 saturated heterocycles. The highest BCUT2D eigenvalue weighted by atomic mass is 32.1. The van der Waals surface area contributed by atoms with Crippen LogP contribution in [0.3, 0.4) is 0 Å². The van der Waals surface area contributed by atoms with Crippen LogP contribution in [0.15, 0.2) is 23.1 Å². The van der Waals surface area contributed by atoms with Crippen LogP contribution in [0, 0.1) is 13.8 Å². The summed E-state index contributed by atoms with van der Waals surface area (Å²) in [5, 5.41) is 4.44. The summed E-state index contributed by atoms with van der Waals surface area (Å²) in [5.41, 5.74) is 2.65. The Balaban J connectivity index is 2.07. The summed E-state index contributed by atoms with van der Waals surface area (Å²) >= 11 is 1.46. The first-order valence-electron chi connectivity index (χ1n) is 6.26. The Morgan fingerprint density at radius 1 is 1.38 bits per heavy atom. The van der Waals surface area contributed by atoms with Gasteiger partial charge < -0.3 is 0 Å². The van der Waals surface area contributed by atoms with Gasteiger partial charge in [0.2, 0.25) is 0 Å². The Morgan fingerprint density at radius 3 is 2.81 bits per heavy atom. The fourth-order valence-corrected chi connectivity index (χ4v) is 3.01. The van der Waals surface area contributed by atoms with Crippen LogP contribution in [0.25, 0.3) is 10.2 Å². The third-order valence-electron chi connectivity index (χ3n) is 3.12. The molecule has 3 heterocycles. The largest absolute Gasteiger partial charge is 0.288 e. The zero-order valence-electron chi connectivity index (χ0n) is 11.7. The van der Waals surface area contributed by atoms with Gasteiger partial charge in [-0.25, -0.2) is 9.66 Å². The summed E-state index contributed by atoms with van der Waals surface area (Å²) in [4.78, 5) is 30.7. The van der Waals surface area contributed by atoms with Crippen LogP contribution in [0.2, 0.25) is 0 Å². The maximum Gasteiger partial charge on any atom is 0.288 e. The number of hydrogen-bond donors (Lipinski definition) is 1. The van der Waals surface area contributed by atoms with Gasteiger partial charge in [0.1, 0.15) is 16.3 Å². The van der Waals surface area contributed by atoms with Crippen molar-refractivity contribution in [2.24, 2.45) is 7.05 Å². The van der Waals surface area contributed by atoms with Gasteiger partial charge in [0.25, 0.3) is 11.5 Å². The van der Waals surface area contributed by atoms with E-state index in [1.807, 2.05) is 6.92 Å². The van der Waals surface area contributed by atoms with Crippen molar-refractivity contribution >= 4 is 27.5 Å². The summed E-state index contributed by atoms with van der Waals surface area (Å²) in [6.45, 7) is 3.60. The summed E-state index contributed by atoms with van der Waals surface area (Å²) in [7, 11) is 1.66. The molecular formula is C13H13N5O2S. The average Bonchev–Trinajstić information content (AvgIpc) is 3.00. The molecule has 3 aromatic heterocycles. The fourth-order valence-electron chi connectivity index (χ4n) is 2.09. The Bertz CT molecular complexity index is 905. The van der Waals surface area contributed by atoms with Crippen LogP contribution in [-0.4, -0.2) is 25.3 Å². The Kier molecular flexibility index (Phi) is 3.09. The molecule has 0 spiro atoms. The molecule has 0 unspecified atom stereocenters. The molecule has 1 N–H and O–H groups in total. The van der Waals surface area contributed by atoms with Gasteiger partial charge in [0, 0.05) is 18.1 Å². The maximum atomic E-state index is 12.4. The Morgan fingerprint density at radius 2 is 2.14 bits per heavy atom. The van der Waals surface area contributed by atoms with Gasteiger partial charge in [-0.15, -0.1) is 11.3 Å². The molecular weight excluding hydrogens is 290 g/mol. The van der Waals surface area contributed by atoms with Gasteiger partial charge in [-0.3, -0.25) is 19.7 Å². The van der Waals surface area contributed by atoms with Gasteiger partial charge >= 0.3 is 0 Å². The SMILES string of the molecule is Cc1cc2c(=O)n(NC(=O)c3ccnn3C)c(C)nc2s1. The highest BCUT2D eigenvalue weighted by Crippen LogP contribution is 2.20. The molecule has 3 aromatic rings. The zero-order valence-corrected chi connectivity index (χ0v) is 12.6. The quantitative estimate of drug-likeness (QED) is 0.771. The van der Waals surface area contributed by atoms with Crippen LogP contribution in [-0.2, 0) is 7.05 Å². The molecule has 0 saturated carbocycles. The number of fused-ring (bicyclic) bond motifs is 1. The van der Waals surface area contributed by atoms with E-state index in [4.69, 9.17) is 0 Å². The van der Waals surface area contributed by atoms with E-state index in [0.717, 1.165) is 4.88 Å². The number of rotatable bonds is 2. The third-order valence-corrected chi connectivity index (χ3v) is 4.07. The van der Waals surface area contributed by atoms with Crippen LogP contribution >= 0.6 is 11.3 Å². The van der Waals surface area contributed by atoms with E-state index in [0.29, 0.717) is 21.7 Å². The van der Waals surface area contributed by atoms with Gasteiger partial charge in [0.15, 0.2) is 0 Å². The van der Waals surface area contributed by atoms with Crippen molar-refractivity contribution in [3.63, 3.8) is 0 Å². The van der Waals surface area contributed by atoms with Crippen molar-refractivity contribution in [2.45, 2.75) is 13.8 Å². The molecule has 0 fully saturated rings. The lowest BCUT2D eigenvalue weighted by atomic mass is 10.3. The first-order chi connectivity index (χ1) is 9.97. The maximum absolute atomic E-state index is 12.4. The standard InChI is InChI=1S/C13H13N5O2S/c1-7-6-9-12(21-7)15-8(2)18(13(9)20)16-11(19)10-4-5-14-17(10)3/h4-6H,1-3H3,(H,16,19). The average molecular weight is 303 g/mol. The number of thiophene rings is 1. The minimum atomic E-state index is -0.409. The summed E-state index contributed by atoms with van der Waals surface area (Å²) in [6, 6.07) is 3.36. The monoisotopic (exact) mass is 303 g/mol. The number of nitrogens with zero attached hydrogens (tertiary/aromatic N) is 4. The molecule has 1 amide bonds.